The van der Waals surface area contributed by atoms with Crippen LogP contribution in [0.25, 0.3) is 0 Å². The van der Waals surface area contributed by atoms with E-state index in [9.17, 15) is 0 Å². The minimum absolute atomic E-state index is 0.0608. The summed E-state index contributed by atoms with van der Waals surface area (Å²) in [6.07, 6.45) is 0.956. The maximum absolute atomic E-state index is 5.69. The van der Waals surface area contributed by atoms with Gasteiger partial charge in [0.15, 0.2) is 16.6 Å². The maximum Gasteiger partial charge on any atom is 0.171 e. The van der Waals surface area contributed by atoms with Crippen molar-refractivity contribution < 1.29 is 9.47 Å². The molecule has 34 heavy (non-hydrogen) atoms. The summed E-state index contributed by atoms with van der Waals surface area (Å²) in [7, 11) is 3.37. The zero-order chi connectivity index (χ0) is 24.1. The van der Waals surface area contributed by atoms with Gasteiger partial charge in [0.25, 0.3) is 0 Å². The van der Waals surface area contributed by atoms with E-state index in [1.807, 2.05) is 12.1 Å². The number of hydrogen-bond donors (Lipinski definition) is 2. The molecule has 178 valence electrons. The van der Waals surface area contributed by atoms with Gasteiger partial charge in [0.2, 0.25) is 0 Å². The van der Waals surface area contributed by atoms with Crippen LogP contribution in [0.3, 0.4) is 0 Å². The fourth-order valence-corrected chi connectivity index (χ4v) is 5.09. The van der Waals surface area contributed by atoms with E-state index < -0.39 is 0 Å². The number of hydrogen-bond acceptors (Lipinski definition) is 4. The van der Waals surface area contributed by atoms with Crippen LogP contribution in [0, 0.1) is 6.92 Å². The third-order valence-corrected chi connectivity index (χ3v) is 6.58. The molecule has 0 fully saturated rings. The van der Waals surface area contributed by atoms with Crippen LogP contribution >= 0.6 is 12.2 Å². The molecule has 2 N–H and O–H groups in total. The van der Waals surface area contributed by atoms with Crippen LogP contribution in [-0.2, 0) is 13.0 Å². The lowest BCUT2D eigenvalue weighted by Gasteiger charge is -2.41. The molecule has 2 atom stereocenters. The van der Waals surface area contributed by atoms with Crippen molar-refractivity contribution in [2.24, 2.45) is 0 Å². The lowest BCUT2D eigenvalue weighted by Crippen LogP contribution is -2.48. The van der Waals surface area contributed by atoms with Gasteiger partial charge in [-0.15, -0.1) is 0 Å². The number of anilines is 1. The lowest BCUT2D eigenvalue weighted by atomic mass is 9.87. The third kappa shape index (κ3) is 5.51. The number of nitrogens with zero attached hydrogens (tertiary/aromatic N) is 1. The molecule has 6 heteroatoms. The maximum atomic E-state index is 5.69. The number of aryl methyl sites for hydroxylation is 1. The monoisotopic (exact) mass is 475 g/mol. The first-order valence-electron chi connectivity index (χ1n) is 11.7. The van der Waals surface area contributed by atoms with Gasteiger partial charge in [0, 0.05) is 24.8 Å². The second kappa shape index (κ2) is 10.9. The van der Waals surface area contributed by atoms with Gasteiger partial charge in [-0.05, 0) is 79.0 Å². The molecular formula is C28H33N3O2S. The minimum atomic E-state index is 0.0608. The summed E-state index contributed by atoms with van der Waals surface area (Å²) in [6, 6.07) is 23.3. The van der Waals surface area contributed by atoms with E-state index in [1.165, 1.54) is 22.3 Å². The number of ether oxygens (including phenoxy) is 2. The standard InChI is InChI=1S/C28H33N3O2S/c1-19-9-8-12-23(15-19)30-28(34)29-20(2)27-24-17-26(33-4)25(32-3)16-22(24)13-14-31(27)18-21-10-6-5-7-11-21/h5-12,15-17,20,27H,13-14,18H2,1-4H3,(H2,29,30,34). The van der Waals surface area contributed by atoms with Crippen molar-refractivity contribution in [2.75, 3.05) is 26.1 Å². The predicted octanol–water partition coefficient (Wildman–Crippen LogP) is 5.49. The Labute approximate surface area is 208 Å². The Morgan fingerprint density at radius 1 is 1.03 bits per heavy atom. The molecule has 2 unspecified atom stereocenters. The van der Waals surface area contributed by atoms with Crippen molar-refractivity contribution in [3.8, 4) is 11.5 Å². The van der Waals surface area contributed by atoms with E-state index in [4.69, 9.17) is 21.7 Å². The van der Waals surface area contributed by atoms with Crippen LogP contribution in [0.5, 0.6) is 11.5 Å². The first-order chi connectivity index (χ1) is 16.5. The van der Waals surface area contributed by atoms with Gasteiger partial charge in [0.1, 0.15) is 0 Å². The highest BCUT2D eigenvalue weighted by Gasteiger charge is 2.33. The van der Waals surface area contributed by atoms with Crippen molar-refractivity contribution in [3.05, 3.63) is 89.0 Å². The molecule has 0 amide bonds. The summed E-state index contributed by atoms with van der Waals surface area (Å²) < 4.78 is 11.2. The fourth-order valence-electron chi connectivity index (χ4n) is 4.79. The van der Waals surface area contributed by atoms with Gasteiger partial charge < -0.3 is 20.1 Å². The molecule has 0 saturated heterocycles. The van der Waals surface area contributed by atoms with Gasteiger partial charge in [-0.2, -0.15) is 0 Å². The van der Waals surface area contributed by atoms with E-state index in [-0.39, 0.29) is 12.1 Å². The smallest absolute Gasteiger partial charge is 0.171 e. The molecule has 1 aliphatic rings. The largest absolute Gasteiger partial charge is 0.493 e. The molecule has 1 aliphatic heterocycles. The van der Waals surface area contributed by atoms with Gasteiger partial charge in [0.05, 0.1) is 20.3 Å². The highest BCUT2D eigenvalue weighted by atomic mass is 32.1. The number of rotatable bonds is 7. The lowest BCUT2D eigenvalue weighted by molar-refractivity contribution is 0.149. The molecule has 3 aromatic carbocycles. The molecule has 0 aromatic heterocycles. The second-order valence-electron chi connectivity index (χ2n) is 8.81. The average molecular weight is 476 g/mol. The van der Waals surface area contributed by atoms with Gasteiger partial charge in [-0.25, -0.2) is 0 Å². The molecule has 5 nitrogen and oxygen atoms in total. The Balaban J connectivity index is 1.62. The number of methoxy groups -OCH3 is 2. The predicted molar refractivity (Wildman–Crippen MR) is 143 cm³/mol. The summed E-state index contributed by atoms with van der Waals surface area (Å²) in [6.45, 7) is 6.08. The highest BCUT2D eigenvalue weighted by molar-refractivity contribution is 7.80. The van der Waals surface area contributed by atoms with Crippen LogP contribution in [0.1, 0.15) is 35.2 Å². The summed E-state index contributed by atoms with van der Waals surface area (Å²) in [4.78, 5) is 2.52. The van der Waals surface area contributed by atoms with Crippen molar-refractivity contribution in [1.29, 1.82) is 0 Å². The quantitative estimate of drug-likeness (QED) is 0.441. The molecule has 1 heterocycles. The van der Waals surface area contributed by atoms with Crippen LogP contribution < -0.4 is 20.1 Å². The summed E-state index contributed by atoms with van der Waals surface area (Å²) >= 11 is 5.69. The van der Waals surface area contributed by atoms with E-state index >= 15 is 0 Å². The zero-order valence-corrected chi connectivity index (χ0v) is 21.1. The van der Waals surface area contributed by atoms with Crippen molar-refractivity contribution >= 4 is 23.0 Å². The number of fused-ring (bicyclic) bond motifs is 1. The Bertz CT molecular complexity index is 1140. The van der Waals surface area contributed by atoms with Crippen LogP contribution in [0.4, 0.5) is 5.69 Å². The Hall–Kier alpha value is -3.09. The molecule has 0 bridgehead atoms. The zero-order valence-electron chi connectivity index (χ0n) is 20.3. The van der Waals surface area contributed by atoms with Crippen LogP contribution in [0.2, 0.25) is 0 Å². The fraction of sp³-hybridized carbons (Fsp3) is 0.321. The van der Waals surface area contributed by atoms with Gasteiger partial charge in [-0.1, -0.05) is 42.5 Å². The molecule has 0 spiro atoms. The SMILES string of the molecule is COc1cc2c(cc1OC)C(C(C)NC(=S)Nc1cccc(C)c1)N(Cc1ccccc1)CC2. The third-order valence-electron chi connectivity index (χ3n) is 6.36. The van der Waals surface area contributed by atoms with Gasteiger partial charge >= 0.3 is 0 Å². The number of nitrogens with one attached hydrogen (secondary N) is 2. The highest BCUT2D eigenvalue weighted by Crippen LogP contribution is 2.40. The first kappa shape index (κ1) is 24.0. The van der Waals surface area contributed by atoms with Crippen molar-refractivity contribution in [2.45, 2.75) is 38.9 Å². The van der Waals surface area contributed by atoms with Gasteiger partial charge in [-0.3, -0.25) is 4.90 Å². The number of thiocarbonyl (C=S) groups is 1. The molecule has 0 saturated carbocycles. The topological polar surface area (TPSA) is 45.8 Å². The summed E-state index contributed by atoms with van der Waals surface area (Å²) in [5, 5.41) is 7.50. The number of benzene rings is 3. The Kier molecular flexibility index (Phi) is 7.70. The summed E-state index contributed by atoms with van der Waals surface area (Å²) in [5.74, 6) is 1.52. The summed E-state index contributed by atoms with van der Waals surface area (Å²) in [5.41, 5.74) is 6.01. The Morgan fingerprint density at radius 3 is 2.47 bits per heavy atom. The molecular weight excluding hydrogens is 442 g/mol. The molecule has 0 radical (unpaired) electrons. The molecule has 4 rings (SSSR count). The normalized spacial score (nSPS) is 16.3. The van der Waals surface area contributed by atoms with E-state index in [0.717, 1.165) is 36.7 Å². The van der Waals surface area contributed by atoms with Crippen LogP contribution in [-0.4, -0.2) is 36.8 Å². The first-order valence-corrected chi connectivity index (χ1v) is 12.1. The molecule has 3 aromatic rings. The van der Waals surface area contributed by atoms with Crippen molar-refractivity contribution in [1.82, 2.24) is 10.2 Å². The Morgan fingerprint density at radius 2 is 1.76 bits per heavy atom. The average Bonchev–Trinajstić information content (AvgIpc) is 2.83. The van der Waals surface area contributed by atoms with Crippen molar-refractivity contribution in [3.63, 3.8) is 0 Å². The van der Waals surface area contributed by atoms with Crippen LogP contribution in [0.15, 0.2) is 66.7 Å². The van der Waals surface area contributed by atoms with E-state index in [0.29, 0.717) is 5.11 Å². The van der Waals surface area contributed by atoms with E-state index in [2.05, 4.69) is 84.0 Å². The molecule has 0 aliphatic carbocycles. The van der Waals surface area contributed by atoms with E-state index in [1.54, 1.807) is 14.2 Å². The minimum Gasteiger partial charge on any atom is -0.493 e. The second-order valence-corrected chi connectivity index (χ2v) is 9.22.